The highest BCUT2D eigenvalue weighted by atomic mass is 16.5. The molecule has 1 saturated heterocycles. The minimum atomic E-state index is -0.431. The Morgan fingerprint density at radius 3 is 2.65 bits per heavy atom. The third kappa shape index (κ3) is 4.26. The third-order valence-corrected chi connectivity index (χ3v) is 3.53. The number of carbonyl (C=O) groups excluding carboxylic acids is 1. The second kappa shape index (κ2) is 6.93. The average Bonchev–Trinajstić information content (AvgIpc) is 2.35. The van der Waals surface area contributed by atoms with Crippen LogP contribution in [0.25, 0.3) is 0 Å². The largest absolute Gasteiger partial charge is 0.385 e. The number of nitrogens with two attached hydrogens (primary N) is 1. The summed E-state index contributed by atoms with van der Waals surface area (Å²) in [6, 6.07) is -0.0908. The minimum Gasteiger partial charge on any atom is -0.385 e. The maximum Gasteiger partial charge on any atom is 0.239 e. The quantitative estimate of drug-likeness (QED) is 0.733. The predicted molar refractivity (Wildman–Crippen MR) is 67.8 cm³/mol. The van der Waals surface area contributed by atoms with Gasteiger partial charge < -0.3 is 20.3 Å². The number of hydrogen-bond acceptors (Lipinski definition) is 4. The number of rotatable bonds is 5. The van der Waals surface area contributed by atoms with E-state index in [1.54, 1.807) is 7.11 Å². The van der Waals surface area contributed by atoms with E-state index < -0.39 is 6.04 Å². The summed E-state index contributed by atoms with van der Waals surface area (Å²) in [7, 11) is 5.60. The molecule has 1 rings (SSSR count). The standard InChI is InChI=1S/C12H25N3O2/c1-14-7-4-10(5-8-14)15(2)12(16)11(13)6-9-17-3/h10-11H,4-9,13H2,1-3H3. The van der Waals surface area contributed by atoms with Gasteiger partial charge in [0.1, 0.15) is 0 Å². The van der Waals surface area contributed by atoms with Crippen LogP contribution in [0.1, 0.15) is 19.3 Å². The molecular formula is C12H25N3O2. The fourth-order valence-corrected chi connectivity index (χ4v) is 2.19. The van der Waals surface area contributed by atoms with Gasteiger partial charge in [0.15, 0.2) is 0 Å². The van der Waals surface area contributed by atoms with Crippen molar-refractivity contribution in [1.82, 2.24) is 9.80 Å². The number of hydrogen-bond donors (Lipinski definition) is 1. The van der Waals surface area contributed by atoms with Gasteiger partial charge in [0.25, 0.3) is 0 Å². The number of amides is 1. The Hall–Kier alpha value is -0.650. The van der Waals surface area contributed by atoms with Crippen LogP contribution in [0.4, 0.5) is 0 Å². The molecule has 1 aliphatic heterocycles. The van der Waals surface area contributed by atoms with Gasteiger partial charge in [-0.15, -0.1) is 0 Å². The van der Waals surface area contributed by atoms with Crippen LogP contribution in [-0.4, -0.2) is 68.7 Å². The van der Waals surface area contributed by atoms with Gasteiger partial charge in [-0.2, -0.15) is 0 Å². The molecule has 2 N–H and O–H groups in total. The number of nitrogens with zero attached hydrogens (tertiary/aromatic N) is 2. The molecule has 1 atom stereocenters. The summed E-state index contributed by atoms with van der Waals surface area (Å²) in [5.74, 6) is 0.0385. The number of ether oxygens (including phenoxy) is 1. The lowest BCUT2D eigenvalue weighted by molar-refractivity contribution is -0.134. The molecule has 5 heteroatoms. The summed E-state index contributed by atoms with van der Waals surface area (Å²) in [5, 5.41) is 0. The van der Waals surface area contributed by atoms with Crippen LogP contribution >= 0.6 is 0 Å². The van der Waals surface area contributed by atoms with Crippen LogP contribution in [0.3, 0.4) is 0 Å². The molecule has 0 radical (unpaired) electrons. The highest BCUT2D eigenvalue weighted by molar-refractivity contribution is 5.81. The zero-order chi connectivity index (χ0) is 12.8. The molecule has 0 aromatic carbocycles. The van der Waals surface area contributed by atoms with Gasteiger partial charge in [-0.3, -0.25) is 4.79 Å². The molecule has 100 valence electrons. The molecule has 0 bridgehead atoms. The van der Waals surface area contributed by atoms with Gasteiger partial charge >= 0.3 is 0 Å². The Bertz CT molecular complexity index is 240. The van der Waals surface area contributed by atoms with Gasteiger partial charge in [0, 0.05) is 26.8 Å². The molecule has 1 unspecified atom stereocenters. The molecule has 0 aliphatic carbocycles. The fraction of sp³-hybridized carbons (Fsp3) is 0.917. The number of methoxy groups -OCH3 is 1. The first-order chi connectivity index (χ1) is 8.06. The maximum absolute atomic E-state index is 12.1. The van der Waals surface area contributed by atoms with Crippen molar-refractivity contribution >= 4 is 5.91 Å². The number of piperidine rings is 1. The summed E-state index contributed by atoms with van der Waals surface area (Å²) < 4.78 is 4.94. The van der Waals surface area contributed by atoms with E-state index in [9.17, 15) is 4.79 Å². The third-order valence-electron chi connectivity index (χ3n) is 3.53. The molecule has 1 amide bonds. The SMILES string of the molecule is COCCC(N)C(=O)N(C)C1CCN(C)CC1. The van der Waals surface area contributed by atoms with Gasteiger partial charge in [0.2, 0.25) is 5.91 Å². The fourth-order valence-electron chi connectivity index (χ4n) is 2.19. The van der Waals surface area contributed by atoms with Crippen molar-refractivity contribution in [1.29, 1.82) is 0 Å². The molecule has 1 fully saturated rings. The average molecular weight is 243 g/mol. The topological polar surface area (TPSA) is 58.8 Å². The molecule has 17 heavy (non-hydrogen) atoms. The summed E-state index contributed by atoms with van der Waals surface area (Å²) >= 11 is 0. The van der Waals surface area contributed by atoms with Gasteiger partial charge in [0.05, 0.1) is 6.04 Å². The second-order valence-corrected chi connectivity index (χ2v) is 4.87. The van der Waals surface area contributed by atoms with Crippen molar-refractivity contribution in [2.24, 2.45) is 5.73 Å². The summed E-state index contributed by atoms with van der Waals surface area (Å²) in [6.07, 6.45) is 2.66. The zero-order valence-electron chi connectivity index (χ0n) is 11.2. The Morgan fingerprint density at radius 1 is 1.53 bits per heavy atom. The van der Waals surface area contributed by atoms with Crippen molar-refractivity contribution in [3.05, 3.63) is 0 Å². The van der Waals surface area contributed by atoms with Gasteiger partial charge in [-0.1, -0.05) is 0 Å². The number of likely N-dealkylation sites (tertiary alicyclic amines) is 1. The van der Waals surface area contributed by atoms with E-state index in [0.717, 1.165) is 25.9 Å². The lowest BCUT2D eigenvalue weighted by atomic mass is 10.0. The van der Waals surface area contributed by atoms with E-state index in [2.05, 4.69) is 11.9 Å². The first-order valence-corrected chi connectivity index (χ1v) is 6.26. The van der Waals surface area contributed by atoms with Gasteiger partial charge in [-0.25, -0.2) is 0 Å². The summed E-state index contributed by atoms with van der Waals surface area (Å²) in [5.41, 5.74) is 5.86. The normalized spacial score (nSPS) is 20.2. The number of carbonyl (C=O) groups is 1. The molecular weight excluding hydrogens is 218 g/mol. The molecule has 0 aromatic rings. The molecule has 5 nitrogen and oxygen atoms in total. The van der Waals surface area contributed by atoms with Crippen molar-refractivity contribution in [3.63, 3.8) is 0 Å². The maximum atomic E-state index is 12.1. The van der Waals surface area contributed by atoms with E-state index in [-0.39, 0.29) is 5.91 Å². The second-order valence-electron chi connectivity index (χ2n) is 4.87. The van der Waals surface area contributed by atoms with Crippen LogP contribution in [-0.2, 0) is 9.53 Å². The lowest BCUT2D eigenvalue weighted by Gasteiger charge is -2.36. The van der Waals surface area contributed by atoms with Gasteiger partial charge in [-0.05, 0) is 39.4 Å². The highest BCUT2D eigenvalue weighted by Crippen LogP contribution is 2.15. The summed E-state index contributed by atoms with van der Waals surface area (Å²) in [6.45, 7) is 2.64. The predicted octanol–water partition coefficient (Wildman–Crippen LogP) is -0.0972. The van der Waals surface area contributed by atoms with Crippen molar-refractivity contribution in [2.45, 2.75) is 31.3 Å². The smallest absolute Gasteiger partial charge is 0.239 e. The van der Waals surface area contributed by atoms with E-state index in [1.807, 2.05) is 11.9 Å². The van der Waals surface area contributed by atoms with Crippen molar-refractivity contribution in [3.8, 4) is 0 Å². The van der Waals surface area contributed by atoms with Crippen molar-refractivity contribution < 1.29 is 9.53 Å². The molecule has 1 heterocycles. The lowest BCUT2D eigenvalue weighted by Crippen LogP contribution is -2.50. The Balaban J connectivity index is 2.40. The van der Waals surface area contributed by atoms with E-state index in [1.165, 1.54) is 0 Å². The minimum absolute atomic E-state index is 0.0385. The molecule has 0 saturated carbocycles. The van der Waals surface area contributed by atoms with E-state index in [4.69, 9.17) is 10.5 Å². The van der Waals surface area contributed by atoms with E-state index >= 15 is 0 Å². The van der Waals surface area contributed by atoms with Crippen LogP contribution in [0.15, 0.2) is 0 Å². The van der Waals surface area contributed by atoms with Crippen molar-refractivity contribution in [2.75, 3.05) is 40.9 Å². The Morgan fingerprint density at radius 2 is 2.12 bits per heavy atom. The van der Waals surface area contributed by atoms with Crippen LogP contribution in [0.2, 0.25) is 0 Å². The Kier molecular flexibility index (Phi) is 5.88. The molecule has 0 spiro atoms. The molecule has 1 aliphatic rings. The van der Waals surface area contributed by atoms with E-state index in [0.29, 0.717) is 19.1 Å². The Labute approximate surface area is 104 Å². The van der Waals surface area contributed by atoms with Crippen LogP contribution in [0, 0.1) is 0 Å². The monoisotopic (exact) mass is 243 g/mol. The summed E-state index contributed by atoms with van der Waals surface area (Å²) in [4.78, 5) is 16.2. The molecule has 0 aromatic heterocycles. The first-order valence-electron chi connectivity index (χ1n) is 6.26. The highest BCUT2D eigenvalue weighted by Gasteiger charge is 2.26. The first kappa shape index (κ1) is 14.4. The number of likely N-dealkylation sites (N-methyl/N-ethyl adjacent to an activating group) is 1. The zero-order valence-corrected chi connectivity index (χ0v) is 11.2. The van der Waals surface area contributed by atoms with Crippen LogP contribution < -0.4 is 5.73 Å². The van der Waals surface area contributed by atoms with Crippen LogP contribution in [0.5, 0.6) is 0 Å².